The van der Waals surface area contributed by atoms with E-state index in [0.29, 0.717) is 45.5 Å². The molecule has 0 aromatic heterocycles. The van der Waals surface area contributed by atoms with Crippen LogP contribution >= 0.6 is 0 Å². The quantitative estimate of drug-likeness (QED) is 0.131. The molecule has 0 spiro atoms. The summed E-state index contributed by atoms with van der Waals surface area (Å²) < 4.78 is 16.5. The molecule has 48 heavy (non-hydrogen) atoms. The number of hydrogen-bond acceptors (Lipinski definition) is 6. The predicted molar refractivity (Wildman–Crippen MR) is 188 cm³/mol. The van der Waals surface area contributed by atoms with Gasteiger partial charge in [-0.25, -0.2) is 4.79 Å². The summed E-state index contributed by atoms with van der Waals surface area (Å²) in [6.45, 7) is 17.6. The second-order valence-electron chi connectivity index (χ2n) is 17.5. The molecule has 262 valence electrons. The Bertz CT molecular complexity index is 1500. The minimum atomic E-state index is -0.527. The lowest BCUT2D eigenvalue weighted by molar-refractivity contribution is -0.175. The fourth-order valence-corrected chi connectivity index (χ4v) is 11.9. The Hall–Kier alpha value is -2.89. The second-order valence-corrected chi connectivity index (χ2v) is 17.5. The number of carbonyl (C=O) groups excluding carboxylic acids is 3. The zero-order chi connectivity index (χ0) is 34.6. The number of allylic oxidation sites excluding steroid dienone is 2. The lowest BCUT2D eigenvalue weighted by atomic mass is 9.38. The molecule has 9 atom stereocenters. The zero-order valence-corrected chi connectivity index (χ0v) is 30.7. The van der Waals surface area contributed by atoms with Gasteiger partial charge < -0.3 is 14.2 Å². The second kappa shape index (κ2) is 12.8. The van der Waals surface area contributed by atoms with Crippen LogP contribution in [0.3, 0.4) is 0 Å². The maximum atomic E-state index is 13.1. The molecule has 6 nitrogen and oxygen atoms in total. The van der Waals surface area contributed by atoms with E-state index in [2.05, 4.69) is 47.6 Å². The molecule has 6 rings (SSSR count). The van der Waals surface area contributed by atoms with E-state index >= 15 is 0 Å². The average Bonchev–Trinajstić information content (AvgIpc) is 3.01. The molecule has 1 aromatic rings. The van der Waals surface area contributed by atoms with Crippen LogP contribution in [0.15, 0.2) is 35.9 Å². The zero-order valence-electron chi connectivity index (χ0n) is 30.7. The van der Waals surface area contributed by atoms with Crippen molar-refractivity contribution in [2.24, 2.45) is 51.2 Å². The highest BCUT2D eigenvalue weighted by molar-refractivity contribution is 5.87. The van der Waals surface area contributed by atoms with E-state index in [4.69, 9.17) is 14.2 Å². The smallest absolute Gasteiger partial charge is 0.331 e. The molecule has 0 heterocycles. The van der Waals surface area contributed by atoms with Gasteiger partial charge in [-0.2, -0.15) is 0 Å². The Morgan fingerprint density at radius 3 is 2.27 bits per heavy atom. The summed E-state index contributed by atoms with van der Waals surface area (Å²) >= 11 is 0. The topological polar surface area (TPSA) is 78.9 Å². The fraction of sp³-hybridized carbons (Fsp3) is 0.690. The van der Waals surface area contributed by atoms with Crippen LogP contribution in [0.25, 0.3) is 6.08 Å². The molecule has 5 aliphatic rings. The van der Waals surface area contributed by atoms with Gasteiger partial charge in [0.2, 0.25) is 0 Å². The highest BCUT2D eigenvalue weighted by Crippen LogP contribution is 2.71. The molecule has 0 N–H and O–H groups in total. The fourth-order valence-electron chi connectivity index (χ4n) is 11.9. The van der Waals surface area contributed by atoms with Gasteiger partial charge in [-0.3, -0.25) is 9.59 Å². The third-order valence-electron chi connectivity index (χ3n) is 14.4. The molecule has 6 heteroatoms. The summed E-state index contributed by atoms with van der Waals surface area (Å²) in [6.07, 6.45) is 19.6. The molecule has 4 fully saturated rings. The highest BCUT2D eigenvalue weighted by atomic mass is 16.6. The van der Waals surface area contributed by atoms with Gasteiger partial charge in [0.05, 0.1) is 0 Å². The summed E-state index contributed by atoms with van der Waals surface area (Å²) in [5.74, 6) is 1.86. The summed E-state index contributed by atoms with van der Waals surface area (Å²) in [4.78, 5) is 36.2. The Kier molecular flexibility index (Phi) is 9.30. The lowest BCUT2D eigenvalue weighted by Crippen LogP contribution is -2.59. The van der Waals surface area contributed by atoms with Crippen molar-refractivity contribution >= 4 is 24.0 Å². The summed E-state index contributed by atoms with van der Waals surface area (Å²) in [5.41, 5.74) is 4.03. The van der Waals surface area contributed by atoms with E-state index in [0.717, 1.165) is 18.8 Å². The molecule has 0 saturated heterocycles. The van der Waals surface area contributed by atoms with E-state index in [1.54, 1.807) is 24.3 Å². The molecule has 0 bridgehead atoms. The van der Waals surface area contributed by atoms with Crippen molar-refractivity contribution in [3.8, 4) is 11.5 Å². The number of ether oxygens (including phenoxy) is 3. The first kappa shape index (κ1) is 35.0. The van der Waals surface area contributed by atoms with Gasteiger partial charge >= 0.3 is 17.9 Å². The van der Waals surface area contributed by atoms with Crippen molar-refractivity contribution in [2.75, 3.05) is 0 Å². The predicted octanol–water partition coefficient (Wildman–Crippen LogP) is 9.89. The van der Waals surface area contributed by atoms with Crippen molar-refractivity contribution in [3.63, 3.8) is 0 Å². The molecular formula is C42H58O6. The van der Waals surface area contributed by atoms with E-state index < -0.39 is 11.9 Å². The van der Waals surface area contributed by atoms with Gasteiger partial charge in [0.1, 0.15) is 6.10 Å². The molecule has 0 amide bonds. The van der Waals surface area contributed by atoms with Crippen LogP contribution in [0.2, 0.25) is 0 Å². The minimum absolute atomic E-state index is 0.105. The molecular weight excluding hydrogens is 600 g/mol. The highest BCUT2D eigenvalue weighted by Gasteiger charge is 2.63. The van der Waals surface area contributed by atoms with E-state index in [9.17, 15) is 14.4 Å². The minimum Gasteiger partial charge on any atom is -0.459 e. The van der Waals surface area contributed by atoms with E-state index in [-0.39, 0.29) is 29.0 Å². The van der Waals surface area contributed by atoms with Crippen molar-refractivity contribution in [1.82, 2.24) is 0 Å². The number of carbonyl (C=O) groups is 3. The van der Waals surface area contributed by atoms with E-state index in [1.807, 2.05) is 5.57 Å². The van der Waals surface area contributed by atoms with Crippen LogP contribution in [0.1, 0.15) is 132 Å². The van der Waals surface area contributed by atoms with Crippen molar-refractivity contribution in [2.45, 2.75) is 132 Å². The molecule has 9 unspecified atom stereocenters. The van der Waals surface area contributed by atoms with Crippen LogP contribution in [0.5, 0.6) is 11.5 Å². The molecule has 5 aliphatic carbocycles. The maximum Gasteiger partial charge on any atom is 0.331 e. The first-order chi connectivity index (χ1) is 22.6. The normalized spacial score (nSPS) is 38.4. The largest absolute Gasteiger partial charge is 0.459 e. The first-order valence-corrected chi connectivity index (χ1v) is 18.7. The first-order valence-electron chi connectivity index (χ1n) is 18.7. The monoisotopic (exact) mass is 658 g/mol. The Labute approximate surface area is 288 Å². The van der Waals surface area contributed by atoms with Crippen LogP contribution in [-0.2, 0) is 19.1 Å². The van der Waals surface area contributed by atoms with Crippen molar-refractivity contribution < 1.29 is 28.6 Å². The Morgan fingerprint density at radius 2 is 1.56 bits per heavy atom. The summed E-state index contributed by atoms with van der Waals surface area (Å²) in [5, 5.41) is 0. The SMILES string of the molecule is CCC12CCC3C(=CCC4C3(C)CCC3C(C)C(OC(=O)/C=C/c5ccc(OC(C)=O)c(OC(C)=O)c5)CCC34C)C1CC(C)(C)CC2. The van der Waals surface area contributed by atoms with E-state index in [1.165, 1.54) is 77.7 Å². The standard InChI is InChI=1S/C42H58O6/c1-9-42-21-17-32-30(33(42)25-39(5,6)22-23-42)12-14-37-40(7)20-18-34(26(2)31(40)16-19-41(32,37)8)48-38(45)15-11-29-10-13-35(46-27(3)43)36(24-29)47-28(4)44/h10-13,15,24,26,31-34,37H,9,14,16-23,25H2,1-8H3/b15-11+. The van der Waals surface area contributed by atoms with Crippen molar-refractivity contribution in [1.29, 1.82) is 0 Å². The maximum absolute atomic E-state index is 13.1. The van der Waals surface area contributed by atoms with Gasteiger partial charge in [0.15, 0.2) is 11.5 Å². The van der Waals surface area contributed by atoms with Crippen LogP contribution in [0, 0.1) is 51.2 Å². The number of fused-ring (bicyclic) bond motifs is 7. The van der Waals surface area contributed by atoms with Crippen molar-refractivity contribution in [3.05, 3.63) is 41.5 Å². The third kappa shape index (κ3) is 6.19. The number of rotatable bonds is 6. The molecule has 4 saturated carbocycles. The summed E-state index contributed by atoms with van der Waals surface area (Å²) in [6, 6.07) is 4.83. The van der Waals surface area contributed by atoms with Gasteiger partial charge in [-0.1, -0.05) is 59.3 Å². The Balaban J connectivity index is 1.15. The Morgan fingerprint density at radius 1 is 0.854 bits per heavy atom. The number of esters is 3. The van der Waals surface area contributed by atoms with Gasteiger partial charge in [-0.15, -0.1) is 0 Å². The number of hydrogen-bond donors (Lipinski definition) is 0. The molecule has 0 radical (unpaired) electrons. The van der Waals surface area contributed by atoms with Crippen LogP contribution in [-0.4, -0.2) is 24.0 Å². The number of benzene rings is 1. The van der Waals surface area contributed by atoms with Crippen LogP contribution in [0.4, 0.5) is 0 Å². The third-order valence-corrected chi connectivity index (χ3v) is 14.4. The van der Waals surface area contributed by atoms with Gasteiger partial charge in [0, 0.05) is 19.9 Å². The van der Waals surface area contributed by atoms with Crippen LogP contribution < -0.4 is 9.47 Å². The molecule has 1 aromatic carbocycles. The van der Waals surface area contributed by atoms with Gasteiger partial charge in [0.25, 0.3) is 0 Å². The lowest BCUT2D eigenvalue weighted by Gasteiger charge is -2.67. The van der Waals surface area contributed by atoms with Gasteiger partial charge in [-0.05, 0) is 146 Å². The summed E-state index contributed by atoms with van der Waals surface area (Å²) in [7, 11) is 0. The molecule has 0 aliphatic heterocycles. The average molecular weight is 659 g/mol.